The summed E-state index contributed by atoms with van der Waals surface area (Å²) in [6, 6.07) is 8.82. The van der Waals surface area contributed by atoms with Crippen LogP contribution in [0, 0.1) is 19.8 Å². The number of hydrogen-bond acceptors (Lipinski definition) is 4. The molecule has 1 N–H and O–H groups in total. The van der Waals surface area contributed by atoms with Crippen molar-refractivity contribution in [3.8, 4) is 5.75 Å². The largest absolute Gasteiger partial charge is 0.488 e. The fraction of sp³-hybridized carbons (Fsp3) is 0.591. The van der Waals surface area contributed by atoms with Crippen molar-refractivity contribution in [3.63, 3.8) is 0 Å². The molecule has 2 aromatic rings. The smallest absolute Gasteiger partial charge is 0.140 e. The van der Waals surface area contributed by atoms with E-state index in [1.54, 1.807) is 0 Å². The van der Waals surface area contributed by atoms with Crippen LogP contribution in [0.2, 0.25) is 0 Å². The van der Waals surface area contributed by atoms with Gasteiger partial charge < -0.3 is 14.6 Å². The maximum absolute atomic E-state index is 6.09. The van der Waals surface area contributed by atoms with Crippen LogP contribution in [-0.2, 0) is 13.2 Å². The normalized spacial score (nSPS) is 16.6. The minimum Gasteiger partial charge on any atom is -0.488 e. The SMILES string of the molecule is Cc1noc(C)c1COc1ccccc1CNC(C)CC1CCCCC1. The summed E-state index contributed by atoms with van der Waals surface area (Å²) in [6.45, 7) is 7.53. The third-order valence-corrected chi connectivity index (χ3v) is 5.58. The van der Waals surface area contributed by atoms with Gasteiger partial charge in [0.25, 0.3) is 0 Å². The maximum Gasteiger partial charge on any atom is 0.140 e. The van der Waals surface area contributed by atoms with Crippen LogP contribution in [0.15, 0.2) is 28.8 Å². The summed E-state index contributed by atoms with van der Waals surface area (Å²) >= 11 is 0. The number of ether oxygens (including phenoxy) is 1. The van der Waals surface area contributed by atoms with Crippen molar-refractivity contribution in [1.82, 2.24) is 10.5 Å². The van der Waals surface area contributed by atoms with Crippen LogP contribution in [-0.4, -0.2) is 11.2 Å². The quantitative estimate of drug-likeness (QED) is 0.695. The fourth-order valence-electron chi connectivity index (χ4n) is 3.94. The topological polar surface area (TPSA) is 47.3 Å². The molecule has 0 radical (unpaired) electrons. The van der Waals surface area contributed by atoms with E-state index in [9.17, 15) is 0 Å². The van der Waals surface area contributed by atoms with E-state index in [1.807, 2.05) is 26.0 Å². The molecule has 4 nitrogen and oxygen atoms in total. The molecule has 1 atom stereocenters. The third-order valence-electron chi connectivity index (χ3n) is 5.58. The number of aromatic nitrogens is 1. The first kappa shape index (κ1) is 19.0. The average molecular weight is 357 g/mol. The van der Waals surface area contributed by atoms with Crippen LogP contribution in [0.4, 0.5) is 0 Å². The molecule has 0 bridgehead atoms. The predicted molar refractivity (Wildman–Crippen MR) is 104 cm³/mol. The van der Waals surface area contributed by atoms with Gasteiger partial charge in [0.2, 0.25) is 0 Å². The summed E-state index contributed by atoms with van der Waals surface area (Å²) in [7, 11) is 0. The minimum absolute atomic E-state index is 0.496. The maximum atomic E-state index is 6.09. The summed E-state index contributed by atoms with van der Waals surface area (Å²) in [5.74, 6) is 2.67. The Morgan fingerprint density at radius 2 is 1.96 bits per heavy atom. The highest BCUT2D eigenvalue weighted by atomic mass is 16.5. The molecular weight excluding hydrogens is 324 g/mol. The summed E-state index contributed by atoms with van der Waals surface area (Å²) in [4.78, 5) is 0. The van der Waals surface area contributed by atoms with Crippen LogP contribution in [0.5, 0.6) is 5.75 Å². The van der Waals surface area contributed by atoms with E-state index in [1.165, 1.54) is 44.1 Å². The zero-order valence-corrected chi connectivity index (χ0v) is 16.4. The van der Waals surface area contributed by atoms with Crippen molar-refractivity contribution in [2.24, 2.45) is 5.92 Å². The molecule has 1 unspecified atom stereocenters. The Kier molecular flexibility index (Phi) is 6.73. The molecule has 1 aromatic heterocycles. The predicted octanol–water partition coefficient (Wildman–Crippen LogP) is 5.32. The molecule has 0 saturated heterocycles. The average Bonchev–Trinajstić information content (AvgIpc) is 2.97. The Labute approximate surface area is 157 Å². The first-order valence-electron chi connectivity index (χ1n) is 9.99. The number of rotatable bonds is 8. The lowest BCUT2D eigenvalue weighted by Crippen LogP contribution is -2.28. The monoisotopic (exact) mass is 356 g/mol. The Hall–Kier alpha value is -1.81. The summed E-state index contributed by atoms with van der Waals surface area (Å²) in [6.07, 6.45) is 8.34. The molecular formula is C22H32N2O2. The number of nitrogens with zero attached hydrogens (tertiary/aromatic N) is 1. The van der Waals surface area contributed by atoms with Gasteiger partial charge in [-0.15, -0.1) is 0 Å². The van der Waals surface area contributed by atoms with Gasteiger partial charge in [0, 0.05) is 18.2 Å². The molecule has 1 fully saturated rings. The summed E-state index contributed by atoms with van der Waals surface area (Å²) < 4.78 is 11.3. The molecule has 0 aliphatic heterocycles. The highest BCUT2D eigenvalue weighted by molar-refractivity contribution is 5.34. The second kappa shape index (κ2) is 9.22. The second-order valence-electron chi connectivity index (χ2n) is 7.72. The van der Waals surface area contributed by atoms with Crippen molar-refractivity contribution in [2.45, 2.75) is 78.5 Å². The molecule has 4 heteroatoms. The van der Waals surface area contributed by atoms with Gasteiger partial charge in [-0.3, -0.25) is 0 Å². The van der Waals surface area contributed by atoms with E-state index < -0.39 is 0 Å². The number of nitrogens with one attached hydrogen (secondary N) is 1. The zero-order valence-electron chi connectivity index (χ0n) is 16.4. The number of aryl methyl sites for hydroxylation is 2. The van der Waals surface area contributed by atoms with Gasteiger partial charge >= 0.3 is 0 Å². The first-order chi connectivity index (χ1) is 12.6. The Morgan fingerprint density at radius 1 is 1.19 bits per heavy atom. The fourth-order valence-corrected chi connectivity index (χ4v) is 3.94. The van der Waals surface area contributed by atoms with Gasteiger partial charge in [0.05, 0.1) is 11.3 Å². The third kappa shape index (κ3) is 5.10. The van der Waals surface area contributed by atoms with Crippen molar-refractivity contribution in [2.75, 3.05) is 0 Å². The number of hydrogen-bond donors (Lipinski definition) is 1. The lowest BCUT2D eigenvalue weighted by molar-refractivity contribution is 0.292. The second-order valence-corrected chi connectivity index (χ2v) is 7.72. The number of para-hydroxylation sites is 1. The highest BCUT2D eigenvalue weighted by Crippen LogP contribution is 2.27. The van der Waals surface area contributed by atoms with Gasteiger partial charge in [0.1, 0.15) is 18.1 Å². The molecule has 142 valence electrons. The van der Waals surface area contributed by atoms with E-state index in [-0.39, 0.29) is 0 Å². The Bertz CT molecular complexity index is 670. The minimum atomic E-state index is 0.496. The van der Waals surface area contributed by atoms with Crippen molar-refractivity contribution in [3.05, 3.63) is 46.8 Å². The Morgan fingerprint density at radius 3 is 2.69 bits per heavy atom. The molecule has 1 aliphatic carbocycles. The Balaban J connectivity index is 1.53. The molecule has 1 aliphatic rings. The van der Waals surface area contributed by atoms with Crippen LogP contribution < -0.4 is 10.1 Å². The van der Waals surface area contributed by atoms with Gasteiger partial charge in [-0.2, -0.15) is 0 Å². The molecule has 1 saturated carbocycles. The molecule has 0 spiro atoms. The summed E-state index contributed by atoms with van der Waals surface area (Å²) in [5.41, 5.74) is 3.15. The summed E-state index contributed by atoms with van der Waals surface area (Å²) in [5, 5.41) is 7.69. The zero-order chi connectivity index (χ0) is 18.4. The van der Waals surface area contributed by atoms with Crippen molar-refractivity contribution < 1.29 is 9.26 Å². The molecule has 26 heavy (non-hydrogen) atoms. The first-order valence-corrected chi connectivity index (χ1v) is 9.99. The van der Waals surface area contributed by atoms with E-state index >= 15 is 0 Å². The van der Waals surface area contributed by atoms with Gasteiger partial charge in [0.15, 0.2) is 0 Å². The van der Waals surface area contributed by atoms with Crippen molar-refractivity contribution >= 4 is 0 Å². The lowest BCUT2D eigenvalue weighted by atomic mass is 9.85. The van der Waals surface area contributed by atoms with Crippen LogP contribution >= 0.6 is 0 Å². The standard InChI is InChI=1S/C22H32N2O2/c1-16(13-19-9-5-4-6-10-19)23-14-20-11-7-8-12-22(20)25-15-21-17(2)24-26-18(21)3/h7-8,11-12,16,19,23H,4-6,9-10,13-15H2,1-3H3. The number of benzene rings is 1. The van der Waals surface area contributed by atoms with Gasteiger partial charge in [-0.25, -0.2) is 0 Å². The van der Waals surface area contributed by atoms with E-state index in [4.69, 9.17) is 9.26 Å². The van der Waals surface area contributed by atoms with Gasteiger partial charge in [-0.1, -0.05) is 55.5 Å². The van der Waals surface area contributed by atoms with Crippen LogP contribution in [0.1, 0.15) is 68.0 Å². The van der Waals surface area contributed by atoms with Crippen molar-refractivity contribution in [1.29, 1.82) is 0 Å². The molecule has 3 rings (SSSR count). The highest BCUT2D eigenvalue weighted by Gasteiger charge is 2.17. The molecule has 1 aromatic carbocycles. The van der Waals surface area contributed by atoms with E-state index in [0.717, 1.165) is 35.2 Å². The van der Waals surface area contributed by atoms with E-state index in [0.29, 0.717) is 12.6 Å². The van der Waals surface area contributed by atoms with Crippen LogP contribution in [0.3, 0.4) is 0 Å². The van der Waals surface area contributed by atoms with Gasteiger partial charge in [-0.05, 0) is 39.2 Å². The molecule has 1 heterocycles. The lowest BCUT2D eigenvalue weighted by Gasteiger charge is -2.25. The van der Waals surface area contributed by atoms with Crippen LogP contribution in [0.25, 0.3) is 0 Å². The molecule has 0 amide bonds. The van der Waals surface area contributed by atoms with E-state index in [2.05, 4.69) is 29.5 Å².